The van der Waals surface area contributed by atoms with Gasteiger partial charge in [-0.05, 0) is 36.6 Å². The van der Waals surface area contributed by atoms with Gasteiger partial charge in [-0.15, -0.1) is 0 Å². The minimum atomic E-state index is -3.69. The highest BCUT2D eigenvalue weighted by molar-refractivity contribution is 7.90. The van der Waals surface area contributed by atoms with Gasteiger partial charge in [-0.25, -0.2) is 13.2 Å². The summed E-state index contributed by atoms with van der Waals surface area (Å²) in [6.45, 7) is 5.03. The lowest BCUT2D eigenvalue weighted by Crippen LogP contribution is -2.29. The molecule has 0 saturated heterocycles. The van der Waals surface area contributed by atoms with Crippen LogP contribution in [0.25, 0.3) is 0 Å². The van der Waals surface area contributed by atoms with Crippen LogP contribution in [0.3, 0.4) is 0 Å². The zero-order valence-electron chi connectivity index (χ0n) is 16.9. The number of fused-ring (bicyclic) bond motifs is 1. The maximum atomic E-state index is 12.2. The summed E-state index contributed by atoms with van der Waals surface area (Å²) < 4.78 is 31.6. The molecule has 0 bridgehead atoms. The molecular weight excluding hydrogens is 406 g/mol. The second kappa shape index (κ2) is 8.66. The summed E-state index contributed by atoms with van der Waals surface area (Å²) in [6.07, 6.45) is 0. The number of rotatable bonds is 6. The van der Waals surface area contributed by atoms with E-state index in [0.717, 1.165) is 5.56 Å². The fraction of sp³-hybridized carbons (Fsp3) is 0.286. The van der Waals surface area contributed by atoms with Crippen LogP contribution in [-0.2, 0) is 24.3 Å². The van der Waals surface area contributed by atoms with Gasteiger partial charge in [0, 0.05) is 11.3 Å². The molecule has 2 aromatic rings. The highest BCUT2D eigenvalue weighted by Gasteiger charge is 2.31. The van der Waals surface area contributed by atoms with Gasteiger partial charge >= 0.3 is 5.97 Å². The zero-order chi connectivity index (χ0) is 21.9. The van der Waals surface area contributed by atoms with E-state index in [2.05, 4.69) is 15.0 Å². The number of amides is 1. The van der Waals surface area contributed by atoms with E-state index in [-0.39, 0.29) is 16.6 Å². The summed E-state index contributed by atoms with van der Waals surface area (Å²) in [6, 6.07) is 12.8. The van der Waals surface area contributed by atoms with Crippen molar-refractivity contribution in [2.45, 2.75) is 37.6 Å². The van der Waals surface area contributed by atoms with Crippen molar-refractivity contribution in [3.05, 3.63) is 59.7 Å². The summed E-state index contributed by atoms with van der Waals surface area (Å²) >= 11 is 0. The molecule has 30 heavy (non-hydrogen) atoms. The van der Waals surface area contributed by atoms with Gasteiger partial charge in [0.1, 0.15) is 11.9 Å². The average molecular weight is 429 g/mol. The highest BCUT2D eigenvalue weighted by Crippen LogP contribution is 2.24. The molecule has 0 aliphatic carbocycles. The van der Waals surface area contributed by atoms with Crippen molar-refractivity contribution in [1.82, 2.24) is 4.72 Å². The van der Waals surface area contributed by atoms with Crippen LogP contribution >= 0.6 is 0 Å². The third kappa shape index (κ3) is 4.68. The monoisotopic (exact) mass is 429 g/mol. The first-order chi connectivity index (χ1) is 14.2. The molecule has 1 amide bonds. The lowest BCUT2D eigenvalue weighted by molar-refractivity contribution is -0.148. The SMILES string of the molecule is CC(C)c1ccccc1NC(=O)COC(=O)[C@H](C)N=C1NS(=O)(=O)c2ccccc21. The van der Waals surface area contributed by atoms with Gasteiger partial charge in [0.2, 0.25) is 0 Å². The van der Waals surface area contributed by atoms with Crippen molar-refractivity contribution in [3.63, 3.8) is 0 Å². The van der Waals surface area contributed by atoms with E-state index in [1.165, 1.54) is 13.0 Å². The molecule has 9 heteroatoms. The number of para-hydroxylation sites is 1. The Bertz CT molecular complexity index is 1110. The van der Waals surface area contributed by atoms with Crippen molar-refractivity contribution in [1.29, 1.82) is 0 Å². The Labute approximate surface area is 175 Å². The number of carbonyl (C=O) groups excluding carboxylic acids is 2. The van der Waals surface area contributed by atoms with Crippen LogP contribution in [0.4, 0.5) is 5.69 Å². The van der Waals surface area contributed by atoms with E-state index < -0.39 is 34.5 Å². The number of nitrogens with zero attached hydrogens (tertiary/aromatic N) is 1. The van der Waals surface area contributed by atoms with Gasteiger partial charge in [-0.3, -0.25) is 14.5 Å². The van der Waals surface area contributed by atoms with E-state index in [1.807, 2.05) is 32.0 Å². The average Bonchev–Trinajstić information content (AvgIpc) is 2.96. The Morgan fingerprint density at radius 2 is 1.73 bits per heavy atom. The number of benzene rings is 2. The largest absolute Gasteiger partial charge is 0.454 e. The van der Waals surface area contributed by atoms with Gasteiger partial charge in [-0.2, -0.15) is 0 Å². The molecule has 8 nitrogen and oxygen atoms in total. The number of hydrogen-bond acceptors (Lipinski definition) is 6. The first-order valence-electron chi connectivity index (χ1n) is 9.44. The number of nitrogens with one attached hydrogen (secondary N) is 2. The lowest BCUT2D eigenvalue weighted by Gasteiger charge is -2.14. The standard InChI is InChI=1S/C21H23N3O5S/c1-13(2)15-8-4-6-10-17(15)23-19(25)12-29-21(26)14(3)22-20-16-9-5-7-11-18(16)30(27,28)24-20/h4-11,13-14H,12H2,1-3H3,(H,22,24)(H,23,25)/t14-/m0/s1. The number of hydrogen-bond donors (Lipinski definition) is 2. The summed E-state index contributed by atoms with van der Waals surface area (Å²) in [5.41, 5.74) is 2.03. The summed E-state index contributed by atoms with van der Waals surface area (Å²) in [5.74, 6) is -0.912. The number of anilines is 1. The second-order valence-corrected chi connectivity index (χ2v) is 8.80. The topological polar surface area (TPSA) is 114 Å². The van der Waals surface area contributed by atoms with E-state index in [1.54, 1.807) is 24.3 Å². The van der Waals surface area contributed by atoms with E-state index in [9.17, 15) is 18.0 Å². The Kier molecular flexibility index (Phi) is 6.21. The number of aliphatic imine (C=N–C) groups is 1. The van der Waals surface area contributed by atoms with Crippen molar-refractivity contribution < 1.29 is 22.7 Å². The molecule has 1 aliphatic heterocycles. The Morgan fingerprint density at radius 3 is 2.47 bits per heavy atom. The van der Waals surface area contributed by atoms with Crippen LogP contribution < -0.4 is 10.0 Å². The minimum absolute atomic E-state index is 0.0744. The van der Waals surface area contributed by atoms with Crippen LogP contribution in [0.1, 0.15) is 37.8 Å². The first-order valence-corrected chi connectivity index (χ1v) is 10.9. The fourth-order valence-electron chi connectivity index (χ4n) is 3.03. The smallest absolute Gasteiger partial charge is 0.331 e. The van der Waals surface area contributed by atoms with E-state index in [4.69, 9.17) is 4.74 Å². The maximum Gasteiger partial charge on any atom is 0.331 e. The Balaban J connectivity index is 1.62. The molecule has 0 spiro atoms. The van der Waals surface area contributed by atoms with E-state index in [0.29, 0.717) is 11.3 Å². The molecule has 0 saturated carbocycles. The summed E-state index contributed by atoms with van der Waals surface area (Å²) in [4.78, 5) is 28.7. The summed E-state index contributed by atoms with van der Waals surface area (Å²) in [5, 5.41) is 2.74. The van der Waals surface area contributed by atoms with Gasteiger partial charge < -0.3 is 10.1 Å². The van der Waals surface area contributed by atoms with Crippen molar-refractivity contribution >= 4 is 33.4 Å². The van der Waals surface area contributed by atoms with Gasteiger partial charge in [0.15, 0.2) is 6.61 Å². The molecule has 3 rings (SSSR count). The molecule has 0 aromatic heterocycles. The first kappa shape index (κ1) is 21.5. The van der Waals surface area contributed by atoms with Crippen LogP contribution in [0, 0.1) is 0 Å². The Hall–Kier alpha value is -3.20. The van der Waals surface area contributed by atoms with Crippen LogP contribution in [0.2, 0.25) is 0 Å². The van der Waals surface area contributed by atoms with Crippen LogP contribution in [0.5, 0.6) is 0 Å². The third-order valence-electron chi connectivity index (χ3n) is 4.53. The normalized spacial score (nSPS) is 16.6. The maximum absolute atomic E-state index is 12.2. The molecular formula is C21H23N3O5S. The molecule has 158 valence electrons. The predicted octanol–water partition coefficient (Wildman–Crippen LogP) is 2.42. The molecule has 2 N–H and O–H groups in total. The zero-order valence-corrected chi connectivity index (χ0v) is 17.7. The molecule has 0 radical (unpaired) electrons. The molecule has 2 aromatic carbocycles. The molecule has 1 heterocycles. The van der Waals surface area contributed by atoms with Gasteiger partial charge in [-0.1, -0.05) is 44.2 Å². The second-order valence-electron chi connectivity index (χ2n) is 7.15. The molecule has 0 fully saturated rings. The summed E-state index contributed by atoms with van der Waals surface area (Å²) in [7, 11) is -3.69. The number of carbonyl (C=O) groups is 2. The molecule has 1 aliphatic rings. The number of ether oxygens (including phenoxy) is 1. The fourth-order valence-corrected chi connectivity index (χ4v) is 4.27. The van der Waals surface area contributed by atoms with Gasteiger partial charge in [0.05, 0.1) is 4.90 Å². The number of esters is 1. The lowest BCUT2D eigenvalue weighted by atomic mass is 10.0. The predicted molar refractivity (Wildman–Crippen MR) is 113 cm³/mol. The van der Waals surface area contributed by atoms with Crippen LogP contribution in [-0.4, -0.2) is 38.8 Å². The van der Waals surface area contributed by atoms with Crippen molar-refractivity contribution in [2.24, 2.45) is 4.99 Å². The third-order valence-corrected chi connectivity index (χ3v) is 5.93. The highest BCUT2D eigenvalue weighted by atomic mass is 32.2. The van der Waals surface area contributed by atoms with E-state index >= 15 is 0 Å². The quantitative estimate of drug-likeness (QED) is 0.685. The van der Waals surface area contributed by atoms with Crippen molar-refractivity contribution in [2.75, 3.05) is 11.9 Å². The minimum Gasteiger partial charge on any atom is -0.454 e. The molecule has 0 unspecified atom stereocenters. The van der Waals surface area contributed by atoms with Crippen LogP contribution in [0.15, 0.2) is 58.4 Å². The van der Waals surface area contributed by atoms with Gasteiger partial charge in [0.25, 0.3) is 15.9 Å². The number of amidine groups is 1. The molecule has 1 atom stereocenters. The van der Waals surface area contributed by atoms with Crippen molar-refractivity contribution in [3.8, 4) is 0 Å². The number of sulfonamides is 1. The Morgan fingerprint density at radius 1 is 1.07 bits per heavy atom.